The molecule has 0 aliphatic carbocycles. The Morgan fingerprint density at radius 2 is 2.15 bits per heavy atom. The molecule has 0 aromatic heterocycles. The normalized spacial score (nSPS) is 12.9. The van der Waals surface area contributed by atoms with Crippen molar-refractivity contribution < 1.29 is 14.7 Å². The van der Waals surface area contributed by atoms with Crippen LogP contribution in [-0.4, -0.2) is 36.7 Å². The molecule has 0 bridgehead atoms. The Hall–Kier alpha value is -2.08. The number of amides is 1. The highest BCUT2D eigenvalue weighted by molar-refractivity contribution is 6.02. The van der Waals surface area contributed by atoms with Crippen molar-refractivity contribution >= 4 is 11.7 Å². The van der Waals surface area contributed by atoms with E-state index in [0.29, 0.717) is 26.2 Å². The Morgan fingerprint density at radius 1 is 1.45 bits per heavy atom. The van der Waals surface area contributed by atoms with Gasteiger partial charge < -0.3 is 21.0 Å². The topological polar surface area (TPSA) is 96.9 Å². The summed E-state index contributed by atoms with van der Waals surface area (Å²) in [5.41, 5.74) is 6.55. The van der Waals surface area contributed by atoms with Crippen LogP contribution in [0.4, 0.5) is 0 Å². The average Bonchev–Trinajstić information content (AvgIpc) is 2.49. The molecule has 1 rings (SSSR count). The summed E-state index contributed by atoms with van der Waals surface area (Å²) in [7, 11) is 0. The molecule has 20 heavy (non-hydrogen) atoms. The summed E-state index contributed by atoms with van der Waals surface area (Å²) in [5.74, 6) is -1.06. The number of nitrogens with zero attached hydrogens (tertiary/aromatic N) is 1. The number of carbonyl (C=O) groups is 1. The third-order valence-corrected chi connectivity index (χ3v) is 2.82. The van der Waals surface area contributed by atoms with E-state index < -0.39 is 5.92 Å². The van der Waals surface area contributed by atoms with Gasteiger partial charge in [-0.3, -0.25) is 4.79 Å². The van der Waals surface area contributed by atoms with Gasteiger partial charge in [-0.15, -0.1) is 0 Å². The highest BCUT2D eigenvalue weighted by Gasteiger charge is 2.23. The van der Waals surface area contributed by atoms with E-state index >= 15 is 0 Å². The summed E-state index contributed by atoms with van der Waals surface area (Å²) < 4.78 is 5.14. The number of rotatable bonds is 8. The summed E-state index contributed by atoms with van der Waals surface area (Å²) in [6.45, 7) is 3.33. The molecular formula is C14H21N3O3. The largest absolute Gasteiger partial charge is 0.409 e. The Morgan fingerprint density at radius 3 is 2.75 bits per heavy atom. The second-order valence-electron chi connectivity index (χ2n) is 4.26. The van der Waals surface area contributed by atoms with Gasteiger partial charge in [0.2, 0.25) is 5.91 Å². The van der Waals surface area contributed by atoms with E-state index in [4.69, 9.17) is 15.7 Å². The Kier molecular flexibility index (Phi) is 7.13. The van der Waals surface area contributed by atoms with Gasteiger partial charge in [-0.1, -0.05) is 35.5 Å². The standard InChI is InChI=1S/C14H21N3O3/c1-2-20-9-8-16-14(18)12(13(15)17-19)10-11-6-4-3-5-7-11/h3-7,12,19H,2,8-10H2,1H3,(H2,15,17)(H,16,18). The number of nitrogens with two attached hydrogens (primary N) is 1. The molecule has 0 radical (unpaired) electrons. The van der Waals surface area contributed by atoms with Gasteiger partial charge in [0.25, 0.3) is 0 Å². The van der Waals surface area contributed by atoms with Crippen molar-refractivity contribution in [2.75, 3.05) is 19.8 Å². The van der Waals surface area contributed by atoms with Crippen LogP contribution in [0.3, 0.4) is 0 Å². The highest BCUT2D eigenvalue weighted by Crippen LogP contribution is 2.09. The van der Waals surface area contributed by atoms with Gasteiger partial charge in [-0.25, -0.2) is 0 Å². The van der Waals surface area contributed by atoms with E-state index in [1.165, 1.54) is 0 Å². The first-order chi connectivity index (χ1) is 9.69. The van der Waals surface area contributed by atoms with E-state index in [9.17, 15) is 4.79 Å². The molecule has 1 atom stereocenters. The fourth-order valence-electron chi connectivity index (χ4n) is 1.77. The summed E-state index contributed by atoms with van der Waals surface area (Å²) in [6, 6.07) is 9.44. The van der Waals surface area contributed by atoms with Gasteiger partial charge in [-0.05, 0) is 18.9 Å². The molecule has 0 aliphatic rings. The molecule has 0 aliphatic heterocycles. The molecular weight excluding hydrogens is 258 g/mol. The second kappa shape index (κ2) is 8.92. The summed E-state index contributed by atoms with van der Waals surface area (Å²) in [4.78, 5) is 12.1. The number of oxime groups is 1. The fourth-order valence-corrected chi connectivity index (χ4v) is 1.77. The van der Waals surface area contributed by atoms with E-state index in [2.05, 4.69) is 10.5 Å². The van der Waals surface area contributed by atoms with Gasteiger partial charge in [0.15, 0.2) is 5.84 Å². The number of amidine groups is 1. The van der Waals surface area contributed by atoms with Crippen molar-refractivity contribution in [3.8, 4) is 0 Å². The number of hydrogen-bond acceptors (Lipinski definition) is 4. The van der Waals surface area contributed by atoms with Crippen molar-refractivity contribution in [3.63, 3.8) is 0 Å². The van der Waals surface area contributed by atoms with Crippen LogP contribution in [0.5, 0.6) is 0 Å². The lowest BCUT2D eigenvalue weighted by molar-refractivity contribution is -0.123. The van der Waals surface area contributed by atoms with E-state index in [1.807, 2.05) is 37.3 Å². The molecule has 0 saturated carbocycles. The van der Waals surface area contributed by atoms with Gasteiger partial charge in [0, 0.05) is 13.2 Å². The quantitative estimate of drug-likeness (QED) is 0.215. The number of benzene rings is 1. The molecule has 1 aromatic rings. The van der Waals surface area contributed by atoms with Crippen LogP contribution in [0.15, 0.2) is 35.5 Å². The lowest BCUT2D eigenvalue weighted by Gasteiger charge is -2.15. The van der Waals surface area contributed by atoms with Crippen LogP contribution in [0, 0.1) is 5.92 Å². The number of hydrogen-bond donors (Lipinski definition) is 3. The van der Waals surface area contributed by atoms with Gasteiger partial charge in [-0.2, -0.15) is 0 Å². The average molecular weight is 279 g/mol. The maximum Gasteiger partial charge on any atom is 0.231 e. The lowest BCUT2D eigenvalue weighted by atomic mass is 9.97. The minimum atomic E-state index is -0.691. The molecule has 1 unspecified atom stereocenters. The van der Waals surface area contributed by atoms with Crippen molar-refractivity contribution in [2.24, 2.45) is 16.8 Å². The lowest BCUT2D eigenvalue weighted by Crippen LogP contribution is -2.41. The zero-order chi connectivity index (χ0) is 14.8. The van der Waals surface area contributed by atoms with Gasteiger partial charge in [0.1, 0.15) is 5.92 Å². The first-order valence-corrected chi connectivity index (χ1v) is 6.55. The van der Waals surface area contributed by atoms with Crippen molar-refractivity contribution in [1.29, 1.82) is 0 Å². The molecule has 110 valence electrons. The molecule has 1 amide bonds. The molecule has 0 saturated heterocycles. The van der Waals surface area contributed by atoms with E-state index in [-0.39, 0.29) is 11.7 Å². The Bertz CT molecular complexity index is 435. The minimum absolute atomic E-state index is 0.0947. The molecule has 0 heterocycles. The minimum Gasteiger partial charge on any atom is -0.409 e. The summed E-state index contributed by atoms with van der Waals surface area (Å²) in [5, 5.41) is 14.5. The Labute approximate surface area is 118 Å². The van der Waals surface area contributed by atoms with Crippen LogP contribution in [0.25, 0.3) is 0 Å². The third-order valence-electron chi connectivity index (χ3n) is 2.82. The van der Waals surface area contributed by atoms with E-state index in [0.717, 1.165) is 5.56 Å². The SMILES string of the molecule is CCOCCNC(=O)C(Cc1ccccc1)C(N)=NO. The van der Waals surface area contributed by atoms with Gasteiger partial charge in [0.05, 0.1) is 6.61 Å². The molecule has 6 nitrogen and oxygen atoms in total. The monoisotopic (exact) mass is 279 g/mol. The van der Waals surface area contributed by atoms with Crippen molar-refractivity contribution in [1.82, 2.24) is 5.32 Å². The number of ether oxygens (including phenoxy) is 1. The molecule has 6 heteroatoms. The Balaban J connectivity index is 2.62. The van der Waals surface area contributed by atoms with Crippen molar-refractivity contribution in [3.05, 3.63) is 35.9 Å². The number of nitrogens with one attached hydrogen (secondary N) is 1. The maximum atomic E-state index is 12.1. The predicted molar refractivity (Wildman–Crippen MR) is 76.5 cm³/mol. The van der Waals surface area contributed by atoms with Crippen LogP contribution < -0.4 is 11.1 Å². The third kappa shape index (κ3) is 5.27. The predicted octanol–water partition coefficient (Wildman–Crippen LogP) is 0.744. The first-order valence-electron chi connectivity index (χ1n) is 6.55. The first kappa shape index (κ1) is 16.0. The van der Waals surface area contributed by atoms with Crippen LogP contribution in [0.1, 0.15) is 12.5 Å². The van der Waals surface area contributed by atoms with Crippen LogP contribution >= 0.6 is 0 Å². The smallest absolute Gasteiger partial charge is 0.231 e. The van der Waals surface area contributed by atoms with Crippen molar-refractivity contribution in [2.45, 2.75) is 13.3 Å². The molecule has 0 fully saturated rings. The second-order valence-corrected chi connectivity index (χ2v) is 4.26. The number of carbonyl (C=O) groups excluding carboxylic acids is 1. The van der Waals surface area contributed by atoms with Gasteiger partial charge >= 0.3 is 0 Å². The molecule has 0 spiro atoms. The van der Waals surface area contributed by atoms with Crippen LogP contribution in [-0.2, 0) is 16.0 Å². The zero-order valence-corrected chi connectivity index (χ0v) is 11.6. The summed E-state index contributed by atoms with van der Waals surface area (Å²) in [6.07, 6.45) is 0.386. The van der Waals surface area contributed by atoms with E-state index in [1.54, 1.807) is 0 Å². The zero-order valence-electron chi connectivity index (χ0n) is 11.6. The van der Waals surface area contributed by atoms with Crippen LogP contribution in [0.2, 0.25) is 0 Å². The highest BCUT2D eigenvalue weighted by atomic mass is 16.5. The maximum absolute atomic E-state index is 12.1. The molecule has 1 aromatic carbocycles. The molecule has 4 N–H and O–H groups in total. The summed E-state index contributed by atoms with van der Waals surface area (Å²) >= 11 is 0. The fraction of sp³-hybridized carbons (Fsp3) is 0.429.